The minimum absolute atomic E-state index is 0.195. The number of carbonyl (C=O) groups excluding carboxylic acids is 1. The Kier molecular flexibility index (Phi) is 3.38. The van der Waals surface area contributed by atoms with Gasteiger partial charge in [-0.15, -0.1) is 0 Å². The molecule has 0 saturated heterocycles. The summed E-state index contributed by atoms with van der Waals surface area (Å²) in [6.07, 6.45) is 2.14. The van der Waals surface area contributed by atoms with Crippen molar-refractivity contribution in [1.82, 2.24) is 5.32 Å². The molecule has 0 bridgehead atoms. The van der Waals surface area contributed by atoms with Crippen LogP contribution < -0.4 is 5.32 Å². The van der Waals surface area contributed by atoms with Crippen molar-refractivity contribution in [3.8, 4) is 0 Å². The summed E-state index contributed by atoms with van der Waals surface area (Å²) in [6, 6.07) is 3.41. The maximum atomic E-state index is 11.5. The fourth-order valence-electron chi connectivity index (χ4n) is 1.27. The first kappa shape index (κ1) is 10.9. The smallest absolute Gasteiger partial charge is 0.254 e. The third-order valence-corrected chi connectivity index (χ3v) is 2.87. The van der Waals surface area contributed by atoms with Crippen molar-refractivity contribution < 1.29 is 14.3 Å². The number of hydrogen-bond donors (Lipinski definition) is 2. The van der Waals surface area contributed by atoms with Gasteiger partial charge in [-0.1, -0.05) is 0 Å². The average Bonchev–Trinajstić information content (AvgIpc) is 2.95. The molecule has 2 heterocycles. The molecule has 0 aliphatic rings. The fraction of sp³-hybridized carbons (Fsp3) is 0.182. The third kappa shape index (κ3) is 2.50. The number of thiophene rings is 1. The highest BCUT2D eigenvalue weighted by Gasteiger charge is 2.11. The van der Waals surface area contributed by atoms with Crippen molar-refractivity contribution in [2.75, 3.05) is 6.54 Å². The Balaban J connectivity index is 1.86. The number of aliphatic hydroxyl groups is 1. The van der Waals surface area contributed by atoms with E-state index in [1.807, 2.05) is 16.8 Å². The maximum absolute atomic E-state index is 11.5. The second kappa shape index (κ2) is 4.96. The molecule has 2 aromatic heterocycles. The molecule has 1 atom stereocenters. The lowest BCUT2D eigenvalue weighted by atomic mass is 10.2. The Bertz CT molecular complexity index is 436. The lowest BCUT2D eigenvalue weighted by molar-refractivity contribution is 0.0916. The Hall–Kier alpha value is -1.59. The van der Waals surface area contributed by atoms with Gasteiger partial charge in [-0.05, 0) is 28.5 Å². The number of aliphatic hydroxyl groups excluding tert-OH is 1. The van der Waals surface area contributed by atoms with Gasteiger partial charge in [0.2, 0.25) is 0 Å². The Morgan fingerprint density at radius 2 is 2.44 bits per heavy atom. The van der Waals surface area contributed by atoms with Gasteiger partial charge in [0, 0.05) is 6.54 Å². The molecule has 0 aliphatic heterocycles. The van der Waals surface area contributed by atoms with E-state index >= 15 is 0 Å². The standard InChI is InChI=1S/C11H11NO3S/c13-10(9-2-4-16-7-9)5-12-11(14)8-1-3-15-6-8/h1-4,6-7,10,13H,5H2,(H,12,14). The summed E-state index contributed by atoms with van der Waals surface area (Å²) in [6.45, 7) is 0.195. The molecule has 2 aromatic rings. The number of carbonyl (C=O) groups is 1. The number of rotatable bonds is 4. The summed E-state index contributed by atoms with van der Waals surface area (Å²) in [5, 5.41) is 16.1. The first-order chi connectivity index (χ1) is 7.77. The van der Waals surface area contributed by atoms with Crippen LogP contribution in [0.3, 0.4) is 0 Å². The van der Waals surface area contributed by atoms with Crippen molar-refractivity contribution in [2.24, 2.45) is 0 Å². The van der Waals surface area contributed by atoms with Crippen molar-refractivity contribution in [2.45, 2.75) is 6.10 Å². The van der Waals surface area contributed by atoms with Gasteiger partial charge in [-0.25, -0.2) is 0 Å². The Morgan fingerprint density at radius 1 is 1.56 bits per heavy atom. The first-order valence-electron chi connectivity index (χ1n) is 4.78. The van der Waals surface area contributed by atoms with E-state index in [2.05, 4.69) is 5.32 Å². The molecular formula is C11H11NO3S. The monoisotopic (exact) mass is 237 g/mol. The number of hydrogen-bond acceptors (Lipinski definition) is 4. The minimum Gasteiger partial charge on any atom is -0.472 e. The van der Waals surface area contributed by atoms with E-state index in [0.717, 1.165) is 5.56 Å². The van der Waals surface area contributed by atoms with Crippen LogP contribution in [0.15, 0.2) is 39.8 Å². The van der Waals surface area contributed by atoms with Gasteiger partial charge in [0.1, 0.15) is 6.26 Å². The van der Waals surface area contributed by atoms with Gasteiger partial charge in [-0.2, -0.15) is 11.3 Å². The van der Waals surface area contributed by atoms with E-state index in [4.69, 9.17) is 4.42 Å². The highest BCUT2D eigenvalue weighted by atomic mass is 32.1. The summed E-state index contributed by atoms with van der Waals surface area (Å²) in [5.41, 5.74) is 1.27. The van der Waals surface area contributed by atoms with E-state index in [1.54, 1.807) is 6.07 Å². The molecule has 2 rings (SSSR count). The lowest BCUT2D eigenvalue weighted by Gasteiger charge is -2.09. The second-order valence-electron chi connectivity index (χ2n) is 3.29. The van der Waals surface area contributed by atoms with Crippen molar-refractivity contribution >= 4 is 17.2 Å². The molecule has 0 spiro atoms. The molecule has 0 radical (unpaired) electrons. The molecule has 1 unspecified atom stereocenters. The van der Waals surface area contributed by atoms with E-state index in [0.29, 0.717) is 5.56 Å². The zero-order chi connectivity index (χ0) is 11.4. The molecule has 84 valence electrons. The van der Waals surface area contributed by atoms with Gasteiger partial charge < -0.3 is 14.8 Å². The largest absolute Gasteiger partial charge is 0.472 e. The summed E-state index contributed by atoms with van der Waals surface area (Å²) in [7, 11) is 0. The predicted octanol–water partition coefficient (Wildman–Crippen LogP) is 1.80. The van der Waals surface area contributed by atoms with Crippen molar-refractivity contribution in [3.05, 3.63) is 46.5 Å². The quantitative estimate of drug-likeness (QED) is 0.852. The maximum Gasteiger partial charge on any atom is 0.254 e. The predicted molar refractivity (Wildman–Crippen MR) is 60.3 cm³/mol. The molecule has 0 fully saturated rings. The zero-order valence-electron chi connectivity index (χ0n) is 8.42. The normalized spacial score (nSPS) is 12.3. The third-order valence-electron chi connectivity index (χ3n) is 2.17. The highest BCUT2D eigenvalue weighted by molar-refractivity contribution is 7.07. The van der Waals surface area contributed by atoms with Crippen LogP contribution in [0.25, 0.3) is 0 Å². The SMILES string of the molecule is O=C(NCC(O)c1ccsc1)c1ccoc1. The summed E-state index contributed by atoms with van der Waals surface area (Å²) in [4.78, 5) is 11.5. The topological polar surface area (TPSA) is 62.5 Å². The van der Waals surface area contributed by atoms with Gasteiger partial charge in [0.25, 0.3) is 5.91 Å². The molecule has 0 saturated carbocycles. The molecule has 16 heavy (non-hydrogen) atoms. The van der Waals surface area contributed by atoms with Crippen molar-refractivity contribution in [3.63, 3.8) is 0 Å². The van der Waals surface area contributed by atoms with Gasteiger partial charge in [0.15, 0.2) is 0 Å². The number of nitrogens with one attached hydrogen (secondary N) is 1. The van der Waals surface area contributed by atoms with Crippen LogP contribution in [0.1, 0.15) is 22.0 Å². The summed E-state index contributed by atoms with van der Waals surface area (Å²) in [5.74, 6) is -0.247. The molecule has 2 N–H and O–H groups in total. The Morgan fingerprint density at radius 3 is 3.06 bits per heavy atom. The van der Waals surface area contributed by atoms with E-state index in [-0.39, 0.29) is 12.5 Å². The van der Waals surface area contributed by atoms with E-state index in [9.17, 15) is 9.90 Å². The fourth-order valence-corrected chi connectivity index (χ4v) is 1.97. The van der Waals surface area contributed by atoms with Crippen LogP contribution >= 0.6 is 11.3 Å². The summed E-state index contributed by atoms with van der Waals surface area (Å²) >= 11 is 1.51. The van der Waals surface area contributed by atoms with Crippen LogP contribution in [0.2, 0.25) is 0 Å². The van der Waals surface area contributed by atoms with Gasteiger partial charge >= 0.3 is 0 Å². The molecule has 4 nitrogen and oxygen atoms in total. The van der Waals surface area contributed by atoms with Crippen LogP contribution in [0.5, 0.6) is 0 Å². The molecule has 5 heteroatoms. The van der Waals surface area contributed by atoms with Crippen LogP contribution in [-0.4, -0.2) is 17.6 Å². The minimum atomic E-state index is -0.665. The van der Waals surface area contributed by atoms with E-state index < -0.39 is 6.10 Å². The molecular weight excluding hydrogens is 226 g/mol. The van der Waals surface area contributed by atoms with E-state index in [1.165, 1.54) is 23.9 Å². The Labute approximate surface area is 96.5 Å². The average molecular weight is 237 g/mol. The number of furan rings is 1. The second-order valence-corrected chi connectivity index (χ2v) is 4.07. The number of amides is 1. The first-order valence-corrected chi connectivity index (χ1v) is 5.72. The van der Waals surface area contributed by atoms with Crippen LogP contribution in [0, 0.1) is 0 Å². The van der Waals surface area contributed by atoms with Crippen LogP contribution in [0.4, 0.5) is 0 Å². The lowest BCUT2D eigenvalue weighted by Crippen LogP contribution is -2.27. The van der Waals surface area contributed by atoms with Gasteiger partial charge in [-0.3, -0.25) is 4.79 Å². The van der Waals surface area contributed by atoms with Crippen molar-refractivity contribution in [1.29, 1.82) is 0 Å². The molecule has 0 aliphatic carbocycles. The van der Waals surface area contributed by atoms with Crippen LogP contribution in [-0.2, 0) is 0 Å². The van der Waals surface area contributed by atoms with Gasteiger partial charge in [0.05, 0.1) is 17.9 Å². The molecule has 1 amide bonds. The zero-order valence-corrected chi connectivity index (χ0v) is 9.24. The molecule has 0 aromatic carbocycles. The summed E-state index contributed by atoms with van der Waals surface area (Å²) < 4.78 is 4.79. The highest BCUT2D eigenvalue weighted by Crippen LogP contribution is 2.15.